The van der Waals surface area contributed by atoms with Gasteiger partial charge in [-0.15, -0.1) is 11.3 Å². The van der Waals surface area contributed by atoms with Gasteiger partial charge < -0.3 is 5.32 Å². The molecule has 1 saturated heterocycles. The number of piperidine rings is 1. The van der Waals surface area contributed by atoms with E-state index in [1.54, 1.807) is 16.4 Å². The summed E-state index contributed by atoms with van der Waals surface area (Å²) in [5.41, 5.74) is 3.52. The molecule has 1 aliphatic rings. The third-order valence-corrected chi connectivity index (χ3v) is 8.67. The van der Waals surface area contributed by atoms with Crippen LogP contribution in [0.4, 0.5) is 5.82 Å². The number of aryl methyl sites for hydroxylation is 2. The number of hydrogen-bond donors (Lipinski definition) is 1. The first-order valence-corrected chi connectivity index (χ1v) is 13.2. The molecule has 0 radical (unpaired) electrons. The molecule has 8 heteroatoms. The van der Waals surface area contributed by atoms with E-state index in [4.69, 9.17) is 0 Å². The molecule has 32 heavy (non-hydrogen) atoms. The number of hydrogen-bond acceptors (Lipinski definition) is 5. The molecule has 0 spiro atoms. The summed E-state index contributed by atoms with van der Waals surface area (Å²) in [6.07, 6.45) is 1.46. The third-order valence-electron chi connectivity index (χ3n) is 5.84. The Balaban J connectivity index is 1.35. The number of aromatic nitrogens is 1. The lowest BCUT2D eigenvalue weighted by molar-refractivity contribution is 0.102. The number of carbonyl (C=O) groups excluding carboxylic acids is 1. The Hall–Kier alpha value is -2.55. The summed E-state index contributed by atoms with van der Waals surface area (Å²) >= 11 is 1.51. The number of rotatable bonds is 6. The van der Waals surface area contributed by atoms with Crippen LogP contribution < -0.4 is 5.32 Å². The summed E-state index contributed by atoms with van der Waals surface area (Å²) in [7, 11) is -3.36. The van der Waals surface area contributed by atoms with Crippen LogP contribution in [-0.2, 0) is 15.8 Å². The summed E-state index contributed by atoms with van der Waals surface area (Å²) in [5, 5.41) is 5.63. The first-order chi connectivity index (χ1) is 15.3. The Morgan fingerprint density at radius 3 is 2.56 bits per heavy atom. The fourth-order valence-electron chi connectivity index (χ4n) is 3.94. The minimum Gasteiger partial charge on any atom is -0.306 e. The summed E-state index contributed by atoms with van der Waals surface area (Å²) in [6.45, 7) is 4.91. The van der Waals surface area contributed by atoms with Crippen molar-refractivity contribution in [2.75, 3.05) is 18.4 Å². The first-order valence-electron chi connectivity index (χ1n) is 10.7. The van der Waals surface area contributed by atoms with Crippen molar-refractivity contribution >= 4 is 33.1 Å². The summed E-state index contributed by atoms with van der Waals surface area (Å²) in [4.78, 5) is 16.9. The molecule has 0 saturated carbocycles. The number of nitrogens with zero attached hydrogens (tertiary/aromatic N) is 2. The van der Waals surface area contributed by atoms with E-state index < -0.39 is 10.0 Å². The predicted molar refractivity (Wildman–Crippen MR) is 129 cm³/mol. The average molecular weight is 470 g/mol. The van der Waals surface area contributed by atoms with Gasteiger partial charge in [-0.1, -0.05) is 42.0 Å². The molecule has 1 N–H and O–H groups in total. The zero-order valence-electron chi connectivity index (χ0n) is 18.2. The van der Waals surface area contributed by atoms with Crippen molar-refractivity contribution in [3.63, 3.8) is 0 Å². The van der Waals surface area contributed by atoms with Gasteiger partial charge in [0, 0.05) is 30.0 Å². The fourth-order valence-corrected chi connectivity index (χ4v) is 6.51. The molecule has 0 unspecified atom stereocenters. The molecular formula is C24H27N3O3S2. The Morgan fingerprint density at radius 2 is 1.84 bits per heavy atom. The molecule has 1 aliphatic heterocycles. The minimum atomic E-state index is -3.36. The Kier molecular flexibility index (Phi) is 6.74. The number of carbonyl (C=O) groups is 1. The molecular weight excluding hydrogens is 442 g/mol. The highest BCUT2D eigenvalue weighted by Crippen LogP contribution is 2.33. The highest BCUT2D eigenvalue weighted by atomic mass is 32.2. The lowest BCUT2D eigenvalue weighted by Crippen LogP contribution is -2.38. The molecule has 2 aromatic carbocycles. The number of thiazole rings is 1. The first kappa shape index (κ1) is 22.6. The second kappa shape index (κ2) is 9.52. The van der Waals surface area contributed by atoms with Crippen LogP contribution in [0.1, 0.15) is 50.8 Å². The lowest BCUT2D eigenvalue weighted by atomic mass is 9.99. The molecule has 4 rings (SSSR count). The van der Waals surface area contributed by atoms with Crippen LogP contribution >= 0.6 is 11.3 Å². The number of nitrogens with one attached hydrogen (secondary N) is 1. The van der Waals surface area contributed by atoms with Gasteiger partial charge in [-0.25, -0.2) is 17.7 Å². The van der Waals surface area contributed by atoms with Crippen LogP contribution in [0.3, 0.4) is 0 Å². The maximum atomic E-state index is 13.0. The normalized spacial score (nSPS) is 15.6. The number of amides is 1. The molecule has 3 aromatic rings. The van der Waals surface area contributed by atoms with Crippen molar-refractivity contribution in [1.82, 2.24) is 9.29 Å². The van der Waals surface area contributed by atoms with Crippen molar-refractivity contribution in [3.05, 3.63) is 81.2 Å². The third kappa shape index (κ3) is 5.26. The summed E-state index contributed by atoms with van der Waals surface area (Å²) in [6, 6.07) is 15.0. The maximum Gasteiger partial charge on any atom is 0.256 e. The van der Waals surface area contributed by atoms with Gasteiger partial charge in [-0.2, -0.15) is 0 Å². The minimum absolute atomic E-state index is 0.0398. The maximum absolute atomic E-state index is 13.0. The standard InChI is InChI=1S/C24H27N3O3S2/c1-17-8-9-18(2)21(14-17)16-32(29,30)27-12-10-20(11-13-27)24-26-22(15-31-24)25-23(28)19-6-4-3-5-7-19/h3-9,14-15,20H,10-13,16H2,1-2H3,(H,25,28). The highest BCUT2D eigenvalue weighted by molar-refractivity contribution is 7.88. The molecule has 2 heterocycles. The fraction of sp³-hybridized carbons (Fsp3) is 0.333. The molecule has 0 aliphatic carbocycles. The van der Waals surface area contributed by atoms with Crippen LogP contribution in [0.2, 0.25) is 0 Å². The quantitative estimate of drug-likeness (QED) is 0.566. The van der Waals surface area contributed by atoms with Gasteiger partial charge in [0.05, 0.1) is 10.8 Å². The van der Waals surface area contributed by atoms with Gasteiger partial charge >= 0.3 is 0 Å². The van der Waals surface area contributed by atoms with E-state index in [1.807, 2.05) is 55.6 Å². The Morgan fingerprint density at radius 1 is 1.12 bits per heavy atom. The van der Waals surface area contributed by atoms with Crippen LogP contribution in [0.25, 0.3) is 0 Å². The molecule has 6 nitrogen and oxygen atoms in total. The van der Waals surface area contributed by atoms with Crippen LogP contribution in [-0.4, -0.2) is 36.7 Å². The van der Waals surface area contributed by atoms with Crippen molar-refractivity contribution in [3.8, 4) is 0 Å². The van der Waals surface area contributed by atoms with E-state index in [1.165, 1.54) is 11.3 Å². The average Bonchev–Trinajstić information content (AvgIpc) is 3.25. The highest BCUT2D eigenvalue weighted by Gasteiger charge is 2.30. The molecule has 168 valence electrons. The van der Waals surface area contributed by atoms with Gasteiger partial charge in [0.15, 0.2) is 0 Å². The molecule has 0 bridgehead atoms. The zero-order valence-corrected chi connectivity index (χ0v) is 19.9. The largest absolute Gasteiger partial charge is 0.306 e. The van der Waals surface area contributed by atoms with Crippen molar-refractivity contribution in [2.24, 2.45) is 0 Å². The number of benzene rings is 2. The predicted octanol–water partition coefficient (Wildman–Crippen LogP) is 4.72. The number of anilines is 1. The van der Waals surface area contributed by atoms with E-state index in [-0.39, 0.29) is 17.6 Å². The van der Waals surface area contributed by atoms with E-state index in [0.29, 0.717) is 24.5 Å². The topological polar surface area (TPSA) is 79.4 Å². The molecule has 1 fully saturated rings. The second-order valence-corrected chi connectivity index (χ2v) is 11.1. The SMILES string of the molecule is Cc1ccc(C)c(CS(=O)(=O)N2CCC(c3nc(NC(=O)c4ccccc4)cs3)CC2)c1. The van der Waals surface area contributed by atoms with Crippen molar-refractivity contribution < 1.29 is 13.2 Å². The summed E-state index contributed by atoms with van der Waals surface area (Å²) in [5.74, 6) is 0.603. The zero-order chi connectivity index (χ0) is 22.7. The van der Waals surface area contributed by atoms with E-state index in [2.05, 4.69) is 10.3 Å². The van der Waals surface area contributed by atoms with E-state index >= 15 is 0 Å². The summed E-state index contributed by atoms with van der Waals surface area (Å²) < 4.78 is 27.6. The van der Waals surface area contributed by atoms with Crippen LogP contribution in [0.5, 0.6) is 0 Å². The Labute approximate surface area is 193 Å². The van der Waals surface area contributed by atoms with Crippen LogP contribution in [0.15, 0.2) is 53.9 Å². The van der Waals surface area contributed by atoms with Gasteiger partial charge in [0.2, 0.25) is 10.0 Å². The molecule has 1 aromatic heterocycles. The van der Waals surface area contributed by atoms with Gasteiger partial charge in [-0.3, -0.25) is 4.79 Å². The van der Waals surface area contributed by atoms with Crippen molar-refractivity contribution in [1.29, 1.82) is 0 Å². The molecule has 1 amide bonds. The molecule has 0 atom stereocenters. The number of sulfonamides is 1. The lowest BCUT2D eigenvalue weighted by Gasteiger charge is -2.30. The van der Waals surface area contributed by atoms with Gasteiger partial charge in [0.1, 0.15) is 5.82 Å². The van der Waals surface area contributed by atoms with Gasteiger partial charge in [0.25, 0.3) is 5.91 Å². The van der Waals surface area contributed by atoms with E-state index in [9.17, 15) is 13.2 Å². The smallest absolute Gasteiger partial charge is 0.256 e. The Bertz CT molecular complexity index is 1200. The van der Waals surface area contributed by atoms with Gasteiger partial charge in [-0.05, 0) is 49.9 Å². The van der Waals surface area contributed by atoms with Crippen molar-refractivity contribution in [2.45, 2.75) is 38.4 Å². The van der Waals surface area contributed by atoms with Crippen LogP contribution in [0, 0.1) is 13.8 Å². The van der Waals surface area contributed by atoms with E-state index in [0.717, 1.165) is 34.5 Å². The second-order valence-electron chi connectivity index (χ2n) is 8.25. The monoisotopic (exact) mass is 469 g/mol.